The zero-order valence-electron chi connectivity index (χ0n) is 22.4. The SMILES string of the molecule is C=CCSc1nc(N(Cc2ccc(OC)cc2)Cc2ccc(OC)cc2)ccc1C(F)(F)F.CC.CC. The molecule has 0 aliphatic carbocycles. The lowest BCUT2D eigenvalue weighted by atomic mass is 10.1. The van der Waals surface area contributed by atoms with Crippen molar-refractivity contribution in [1.82, 2.24) is 4.98 Å². The molecule has 0 aliphatic rings. The van der Waals surface area contributed by atoms with Crippen LogP contribution in [-0.4, -0.2) is 25.0 Å². The summed E-state index contributed by atoms with van der Waals surface area (Å²) in [4.78, 5) is 6.35. The maximum absolute atomic E-state index is 13.5. The van der Waals surface area contributed by atoms with Gasteiger partial charge in [0.2, 0.25) is 0 Å². The summed E-state index contributed by atoms with van der Waals surface area (Å²) >= 11 is 1.02. The number of thioether (sulfide) groups is 1. The highest BCUT2D eigenvalue weighted by atomic mass is 32.2. The van der Waals surface area contributed by atoms with Crippen LogP contribution < -0.4 is 14.4 Å². The topological polar surface area (TPSA) is 34.6 Å². The Balaban J connectivity index is 0.00000163. The Morgan fingerprint density at radius 1 is 0.811 bits per heavy atom. The maximum Gasteiger partial charge on any atom is 0.419 e. The number of ether oxygens (including phenoxy) is 2. The molecule has 0 saturated heterocycles. The van der Waals surface area contributed by atoms with Crippen molar-refractivity contribution in [3.63, 3.8) is 0 Å². The minimum Gasteiger partial charge on any atom is -0.497 e. The summed E-state index contributed by atoms with van der Waals surface area (Å²) in [6.07, 6.45) is -2.92. The van der Waals surface area contributed by atoms with Crippen molar-refractivity contribution in [3.8, 4) is 11.5 Å². The van der Waals surface area contributed by atoms with E-state index in [1.54, 1.807) is 20.3 Å². The standard InChI is InChI=1S/C25H25F3N2O2S.2C2H6/c1-4-15-33-24-22(25(26,27)28)13-14-23(29-24)30(16-18-5-9-20(31-2)10-6-18)17-19-7-11-21(32-3)12-8-19;2*1-2/h4-14H,1,15-17H2,2-3H3;2*1-2H3. The second kappa shape index (κ2) is 16.6. The van der Waals surface area contributed by atoms with E-state index in [9.17, 15) is 13.2 Å². The lowest BCUT2D eigenvalue weighted by Gasteiger charge is -2.25. The van der Waals surface area contributed by atoms with E-state index in [0.29, 0.717) is 24.7 Å². The van der Waals surface area contributed by atoms with E-state index >= 15 is 0 Å². The number of hydrogen-bond donors (Lipinski definition) is 0. The second-order valence-corrected chi connectivity index (χ2v) is 8.18. The average molecular weight is 535 g/mol. The van der Waals surface area contributed by atoms with Gasteiger partial charge < -0.3 is 14.4 Å². The highest BCUT2D eigenvalue weighted by molar-refractivity contribution is 7.99. The molecule has 202 valence electrons. The number of alkyl halides is 3. The lowest BCUT2D eigenvalue weighted by Crippen LogP contribution is -2.24. The van der Waals surface area contributed by atoms with Crippen LogP contribution in [0.15, 0.2) is 78.3 Å². The molecule has 1 aromatic heterocycles. The molecule has 0 saturated carbocycles. The van der Waals surface area contributed by atoms with Crippen LogP contribution in [-0.2, 0) is 19.3 Å². The molecule has 0 fully saturated rings. The Morgan fingerprint density at radius 2 is 1.27 bits per heavy atom. The molecule has 0 atom stereocenters. The summed E-state index contributed by atoms with van der Waals surface area (Å²) in [5, 5.41) is -0.0608. The number of pyridine rings is 1. The van der Waals surface area contributed by atoms with Gasteiger partial charge in [-0.1, -0.05) is 58.0 Å². The summed E-state index contributed by atoms with van der Waals surface area (Å²) in [5.74, 6) is 2.25. The number of methoxy groups -OCH3 is 2. The molecule has 3 aromatic rings. The fourth-order valence-electron chi connectivity index (χ4n) is 3.19. The van der Waals surface area contributed by atoms with Crippen molar-refractivity contribution in [3.05, 3.63) is 90.0 Å². The van der Waals surface area contributed by atoms with Crippen molar-refractivity contribution < 1.29 is 22.6 Å². The van der Waals surface area contributed by atoms with Gasteiger partial charge >= 0.3 is 6.18 Å². The third kappa shape index (κ3) is 10.0. The monoisotopic (exact) mass is 534 g/mol. The van der Waals surface area contributed by atoms with Gasteiger partial charge in [-0.25, -0.2) is 4.98 Å². The van der Waals surface area contributed by atoms with Crippen molar-refractivity contribution in [2.45, 2.75) is 52.0 Å². The Hall–Kier alpha value is -3.13. The Kier molecular flexibility index (Phi) is 14.3. The third-order valence-corrected chi connectivity index (χ3v) is 5.86. The van der Waals surface area contributed by atoms with Crippen LogP contribution in [0.1, 0.15) is 44.4 Å². The predicted molar refractivity (Wildman–Crippen MR) is 149 cm³/mol. The average Bonchev–Trinajstić information content (AvgIpc) is 2.94. The van der Waals surface area contributed by atoms with E-state index in [1.165, 1.54) is 6.07 Å². The maximum atomic E-state index is 13.5. The zero-order chi connectivity index (χ0) is 27.8. The molecular weight excluding hydrogens is 497 g/mol. The van der Waals surface area contributed by atoms with E-state index in [1.807, 2.05) is 81.1 Å². The number of rotatable bonds is 10. The first-order valence-electron chi connectivity index (χ1n) is 12.2. The van der Waals surface area contributed by atoms with Crippen LogP contribution in [0.4, 0.5) is 19.0 Å². The number of aromatic nitrogens is 1. The van der Waals surface area contributed by atoms with Gasteiger partial charge in [-0.15, -0.1) is 18.3 Å². The fourth-order valence-corrected chi connectivity index (χ4v) is 3.96. The summed E-state index contributed by atoms with van der Waals surface area (Å²) < 4.78 is 51.0. The Labute approximate surface area is 223 Å². The molecule has 3 rings (SSSR count). The van der Waals surface area contributed by atoms with E-state index in [4.69, 9.17) is 9.47 Å². The van der Waals surface area contributed by atoms with Crippen LogP contribution in [0.2, 0.25) is 0 Å². The van der Waals surface area contributed by atoms with Gasteiger partial charge in [0.05, 0.1) is 19.8 Å². The Bertz CT molecular complexity index is 1010. The van der Waals surface area contributed by atoms with Gasteiger partial charge in [0, 0.05) is 18.8 Å². The summed E-state index contributed by atoms with van der Waals surface area (Å²) in [6, 6.07) is 17.7. The molecule has 37 heavy (non-hydrogen) atoms. The number of anilines is 1. The normalized spacial score (nSPS) is 10.3. The van der Waals surface area contributed by atoms with E-state index in [-0.39, 0.29) is 5.03 Å². The van der Waals surface area contributed by atoms with Gasteiger partial charge in [-0.05, 0) is 47.5 Å². The number of nitrogens with zero attached hydrogens (tertiary/aromatic N) is 2. The van der Waals surface area contributed by atoms with E-state index in [2.05, 4.69) is 11.6 Å². The van der Waals surface area contributed by atoms with Gasteiger partial charge in [0.1, 0.15) is 22.3 Å². The zero-order valence-corrected chi connectivity index (χ0v) is 23.2. The molecule has 0 bridgehead atoms. The molecule has 4 nitrogen and oxygen atoms in total. The summed E-state index contributed by atoms with van der Waals surface area (Å²) in [7, 11) is 3.19. The van der Waals surface area contributed by atoms with Gasteiger partial charge in [0.15, 0.2) is 0 Å². The highest BCUT2D eigenvalue weighted by Gasteiger charge is 2.34. The minimum absolute atomic E-state index is 0.0608. The molecule has 0 radical (unpaired) electrons. The third-order valence-electron chi connectivity index (χ3n) is 4.88. The smallest absolute Gasteiger partial charge is 0.419 e. The molecule has 0 amide bonds. The lowest BCUT2D eigenvalue weighted by molar-refractivity contribution is -0.140. The number of halogens is 3. The highest BCUT2D eigenvalue weighted by Crippen LogP contribution is 2.37. The van der Waals surface area contributed by atoms with E-state index in [0.717, 1.165) is 40.5 Å². The van der Waals surface area contributed by atoms with Gasteiger partial charge in [0.25, 0.3) is 0 Å². The number of benzene rings is 2. The fraction of sp³-hybridized carbons (Fsp3) is 0.345. The van der Waals surface area contributed by atoms with Crippen molar-refractivity contribution in [2.24, 2.45) is 0 Å². The largest absolute Gasteiger partial charge is 0.497 e. The first-order chi connectivity index (χ1) is 17.8. The quantitative estimate of drug-likeness (QED) is 0.192. The van der Waals surface area contributed by atoms with Crippen molar-refractivity contribution in [1.29, 1.82) is 0 Å². The van der Waals surface area contributed by atoms with Crippen LogP contribution in [0.3, 0.4) is 0 Å². The van der Waals surface area contributed by atoms with Crippen molar-refractivity contribution >= 4 is 17.6 Å². The van der Waals surface area contributed by atoms with E-state index < -0.39 is 11.7 Å². The minimum atomic E-state index is -4.48. The van der Waals surface area contributed by atoms with Gasteiger partial charge in [-0.3, -0.25) is 0 Å². The molecule has 0 spiro atoms. The van der Waals surface area contributed by atoms with Crippen LogP contribution >= 0.6 is 11.8 Å². The van der Waals surface area contributed by atoms with Crippen LogP contribution in [0, 0.1) is 0 Å². The molecule has 0 N–H and O–H groups in total. The molecule has 2 aromatic carbocycles. The molecule has 1 heterocycles. The van der Waals surface area contributed by atoms with Crippen LogP contribution in [0.5, 0.6) is 11.5 Å². The second-order valence-electron chi connectivity index (χ2n) is 7.17. The first kappa shape index (κ1) is 31.9. The molecule has 0 unspecified atom stereocenters. The summed E-state index contributed by atoms with van der Waals surface area (Å²) in [5.41, 5.74) is 1.21. The van der Waals surface area contributed by atoms with Crippen molar-refractivity contribution in [2.75, 3.05) is 24.9 Å². The number of hydrogen-bond acceptors (Lipinski definition) is 5. The first-order valence-corrected chi connectivity index (χ1v) is 13.2. The van der Waals surface area contributed by atoms with Gasteiger partial charge in [-0.2, -0.15) is 13.2 Å². The summed E-state index contributed by atoms with van der Waals surface area (Å²) in [6.45, 7) is 12.5. The predicted octanol–water partition coefficient (Wildman–Crippen LogP) is 8.65. The molecular formula is C29H37F3N2O2S. The molecule has 0 aliphatic heterocycles. The molecule has 8 heteroatoms. The Morgan fingerprint density at radius 3 is 1.65 bits per heavy atom. The van der Waals surface area contributed by atoms with Crippen LogP contribution in [0.25, 0.3) is 0 Å².